The van der Waals surface area contributed by atoms with E-state index in [2.05, 4.69) is 5.10 Å². The van der Waals surface area contributed by atoms with Gasteiger partial charge in [0.2, 0.25) is 0 Å². The molecule has 30 heavy (non-hydrogen) atoms. The standard InChI is InChI=1S/C23H25N5O2/c1-13-21-14(12-27(2)26-21)11-18(22(13)29)19-8-7-17-20(25-19)9-10-28(23(17)30)16-5-3-15(24)4-6-16/h7-12,15-16,29H,3-6,24H2,1-2H3. The lowest BCUT2D eigenvalue weighted by molar-refractivity contribution is 0.319. The molecule has 5 rings (SSSR count). The Kier molecular flexibility index (Phi) is 4.36. The van der Waals surface area contributed by atoms with E-state index in [1.54, 1.807) is 4.68 Å². The van der Waals surface area contributed by atoms with Crippen LogP contribution >= 0.6 is 0 Å². The van der Waals surface area contributed by atoms with Crippen LogP contribution in [0.5, 0.6) is 5.75 Å². The first-order valence-electron chi connectivity index (χ1n) is 10.4. The minimum absolute atomic E-state index is 0.0184. The lowest BCUT2D eigenvalue weighted by Crippen LogP contribution is -2.32. The molecule has 3 aromatic heterocycles. The average Bonchev–Trinajstić information content (AvgIpc) is 3.12. The van der Waals surface area contributed by atoms with Gasteiger partial charge in [0.15, 0.2) is 0 Å². The Bertz CT molecular complexity index is 1330. The lowest BCUT2D eigenvalue weighted by Gasteiger charge is -2.27. The summed E-state index contributed by atoms with van der Waals surface area (Å²) in [6.07, 6.45) is 7.51. The molecule has 154 valence electrons. The van der Waals surface area contributed by atoms with Crippen molar-refractivity contribution in [2.45, 2.75) is 44.7 Å². The summed E-state index contributed by atoms with van der Waals surface area (Å²) in [7, 11) is 1.86. The number of phenolic OH excluding ortho intramolecular Hbond substituents is 1. The monoisotopic (exact) mass is 403 g/mol. The maximum absolute atomic E-state index is 13.1. The smallest absolute Gasteiger partial charge is 0.260 e. The summed E-state index contributed by atoms with van der Waals surface area (Å²) in [5.41, 5.74) is 9.39. The van der Waals surface area contributed by atoms with Crippen molar-refractivity contribution in [3.05, 3.63) is 52.6 Å². The highest BCUT2D eigenvalue weighted by molar-refractivity contribution is 5.91. The highest BCUT2D eigenvalue weighted by Crippen LogP contribution is 2.36. The summed E-state index contributed by atoms with van der Waals surface area (Å²) in [6, 6.07) is 7.84. The van der Waals surface area contributed by atoms with Gasteiger partial charge in [0, 0.05) is 48.0 Å². The van der Waals surface area contributed by atoms with Gasteiger partial charge in [0.05, 0.1) is 22.1 Å². The van der Waals surface area contributed by atoms with Gasteiger partial charge in [-0.25, -0.2) is 4.98 Å². The van der Waals surface area contributed by atoms with Crippen LogP contribution in [-0.2, 0) is 7.05 Å². The van der Waals surface area contributed by atoms with Crippen LogP contribution < -0.4 is 11.3 Å². The number of fused-ring (bicyclic) bond motifs is 2. The number of pyridine rings is 2. The van der Waals surface area contributed by atoms with Gasteiger partial charge >= 0.3 is 0 Å². The van der Waals surface area contributed by atoms with Crippen molar-refractivity contribution in [1.82, 2.24) is 19.3 Å². The van der Waals surface area contributed by atoms with Crippen LogP contribution in [0, 0.1) is 6.92 Å². The van der Waals surface area contributed by atoms with E-state index in [4.69, 9.17) is 10.7 Å². The Hall–Kier alpha value is -3.19. The molecule has 7 nitrogen and oxygen atoms in total. The number of nitrogens with two attached hydrogens (primary N) is 1. The third-order valence-electron chi connectivity index (χ3n) is 6.32. The fourth-order valence-electron chi connectivity index (χ4n) is 4.59. The highest BCUT2D eigenvalue weighted by atomic mass is 16.3. The van der Waals surface area contributed by atoms with E-state index in [-0.39, 0.29) is 23.4 Å². The predicted octanol–water partition coefficient (Wildman–Crippen LogP) is 3.41. The first-order valence-corrected chi connectivity index (χ1v) is 10.4. The van der Waals surface area contributed by atoms with E-state index >= 15 is 0 Å². The molecule has 7 heteroatoms. The number of aryl methyl sites for hydroxylation is 2. The topological polar surface area (TPSA) is 99.0 Å². The van der Waals surface area contributed by atoms with Crippen LogP contribution in [0.1, 0.15) is 37.3 Å². The minimum Gasteiger partial charge on any atom is -0.507 e. The summed E-state index contributed by atoms with van der Waals surface area (Å²) >= 11 is 0. The quantitative estimate of drug-likeness (QED) is 0.534. The molecule has 0 radical (unpaired) electrons. The highest BCUT2D eigenvalue weighted by Gasteiger charge is 2.21. The van der Waals surface area contributed by atoms with Gasteiger partial charge in [0.1, 0.15) is 5.75 Å². The van der Waals surface area contributed by atoms with Gasteiger partial charge in [-0.1, -0.05) is 0 Å². The minimum atomic E-state index is -0.0184. The number of aromatic hydroxyl groups is 1. The van der Waals surface area contributed by atoms with Crippen LogP contribution in [0.4, 0.5) is 0 Å². The zero-order chi connectivity index (χ0) is 21.0. The summed E-state index contributed by atoms with van der Waals surface area (Å²) in [5.74, 6) is 0.167. The second-order valence-electron chi connectivity index (χ2n) is 8.36. The normalized spacial score (nSPS) is 19.6. The second kappa shape index (κ2) is 6.95. The molecule has 0 amide bonds. The fraction of sp³-hybridized carbons (Fsp3) is 0.348. The molecule has 1 aromatic carbocycles. The Morgan fingerprint density at radius 1 is 1.17 bits per heavy atom. The molecule has 4 aromatic rings. The third-order valence-corrected chi connectivity index (χ3v) is 6.32. The molecule has 0 spiro atoms. The predicted molar refractivity (Wildman–Crippen MR) is 118 cm³/mol. The molecule has 1 saturated carbocycles. The third kappa shape index (κ3) is 2.97. The van der Waals surface area contributed by atoms with E-state index in [1.807, 2.05) is 55.2 Å². The van der Waals surface area contributed by atoms with Crippen molar-refractivity contribution in [2.75, 3.05) is 0 Å². The fourth-order valence-corrected chi connectivity index (χ4v) is 4.59. The Labute approximate surface area is 173 Å². The first kappa shape index (κ1) is 18.8. The van der Waals surface area contributed by atoms with Crippen molar-refractivity contribution in [2.24, 2.45) is 12.8 Å². The summed E-state index contributed by atoms with van der Waals surface area (Å²) in [5, 5.41) is 16.7. The van der Waals surface area contributed by atoms with Crippen molar-refractivity contribution >= 4 is 21.8 Å². The first-order chi connectivity index (χ1) is 14.4. The number of hydrogen-bond acceptors (Lipinski definition) is 5. The largest absolute Gasteiger partial charge is 0.507 e. The number of rotatable bonds is 2. The molecule has 0 unspecified atom stereocenters. The molecule has 1 aliphatic rings. The van der Waals surface area contributed by atoms with Crippen molar-refractivity contribution in [3.8, 4) is 17.0 Å². The van der Waals surface area contributed by atoms with E-state index in [9.17, 15) is 9.90 Å². The van der Waals surface area contributed by atoms with Crippen LogP contribution in [0.15, 0.2) is 41.5 Å². The molecule has 0 aliphatic heterocycles. The zero-order valence-corrected chi connectivity index (χ0v) is 17.2. The average molecular weight is 403 g/mol. The van der Waals surface area contributed by atoms with Gasteiger partial charge in [-0.05, 0) is 56.9 Å². The van der Waals surface area contributed by atoms with Gasteiger partial charge in [0.25, 0.3) is 5.56 Å². The van der Waals surface area contributed by atoms with Crippen LogP contribution in [0.25, 0.3) is 33.1 Å². The maximum Gasteiger partial charge on any atom is 0.260 e. The van der Waals surface area contributed by atoms with Crippen molar-refractivity contribution in [3.63, 3.8) is 0 Å². The molecule has 3 heterocycles. The summed E-state index contributed by atoms with van der Waals surface area (Å²) in [6.45, 7) is 1.85. The van der Waals surface area contributed by atoms with Gasteiger partial charge in [-0.15, -0.1) is 0 Å². The van der Waals surface area contributed by atoms with E-state index in [0.29, 0.717) is 22.2 Å². The number of benzene rings is 1. The number of hydrogen-bond donors (Lipinski definition) is 2. The van der Waals surface area contributed by atoms with Crippen LogP contribution in [0.3, 0.4) is 0 Å². The van der Waals surface area contributed by atoms with Gasteiger partial charge in [-0.2, -0.15) is 5.10 Å². The van der Waals surface area contributed by atoms with Gasteiger partial charge < -0.3 is 15.4 Å². The molecule has 3 N–H and O–H groups in total. The molecule has 0 saturated heterocycles. The second-order valence-corrected chi connectivity index (χ2v) is 8.36. The molecule has 0 bridgehead atoms. The summed E-state index contributed by atoms with van der Waals surface area (Å²) < 4.78 is 3.56. The summed E-state index contributed by atoms with van der Waals surface area (Å²) in [4.78, 5) is 17.8. The van der Waals surface area contributed by atoms with E-state index in [1.165, 1.54) is 0 Å². The molecule has 1 aliphatic carbocycles. The molecular weight excluding hydrogens is 378 g/mol. The Morgan fingerprint density at radius 3 is 2.70 bits per heavy atom. The Balaban J connectivity index is 1.59. The van der Waals surface area contributed by atoms with E-state index < -0.39 is 0 Å². The molecular formula is C23H25N5O2. The number of nitrogens with zero attached hydrogens (tertiary/aromatic N) is 4. The van der Waals surface area contributed by atoms with Crippen LogP contribution in [-0.4, -0.2) is 30.5 Å². The number of phenols is 1. The number of aromatic nitrogens is 4. The van der Waals surface area contributed by atoms with Crippen molar-refractivity contribution in [1.29, 1.82) is 0 Å². The molecule has 1 fully saturated rings. The SMILES string of the molecule is Cc1c(O)c(-c2ccc3c(=O)n(C4CCC(N)CC4)ccc3n2)cc2cn(C)nc12. The van der Waals surface area contributed by atoms with Gasteiger partial charge in [-0.3, -0.25) is 9.48 Å². The Morgan fingerprint density at radius 2 is 1.93 bits per heavy atom. The maximum atomic E-state index is 13.1. The zero-order valence-electron chi connectivity index (χ0n) is 17.2. The van der Waals surface area contributed by atoms with Crippen LogP contribution in [0.2, 0.25) is 0 Å². The molecule has 0 atom stereocenters. The van der Waals surface area contributed by atoms with Crippen molar-refractivity contribution < 1.29 is 5.11 Å². The van der Waals surface area contributed by atoms with E-state index in [0.717, 1.165) is 42.1 Å². The lowest BCUT2D eigenvalue weighted by atomic mass is 9.91.